The Balaban J connectivity index is 1.54. The highest BCUT2D eigenvalue weighted by atomic mass is 16.5. The predicted octanol–water partition coefficient (Wildman–Crippen LogP) is 3.46. The van der Waals surface area contributed by atoms with Crippen molar-refractivity contribution < 1.29 is 14.3 Å². The fourth-order valence-electron chi connectivity index (χ4n) is 3.83. The van der Waals surface area contributed by atoms with Crippen LogP contribution in [0.15, 0.2) is 42.7 Å². The van der Waals surface area contributed by atoms with Crippen LogP contribution in [0.3, 0.4) is 0 Å². The fourth-order valence-corrected chi connectivity index (χ4v) is 3.83. The second kappa shape index (κ2) is 10.1. The van der Waals surface area contributed by atoms with Crippen LogP contribution in [0.25, 0.3) is 0 Å². The molecule has 2 heterocycles. The zero-order chi connectivity index (χ0) is 21.5. The average Bonchev–Trinajstić information content (AvgIpc) is 2.76. The molecule has 0 spiro atoms. The molecule has 7 nitrogen and oxygen atoms in total. The predicted molar refractivity (Wildman–Crippen MR) is 117 cm³/mol. The third-order valence-electron chi connectivity index (χ3n) is 5.65. The van der Waals surface area contributed by atoms with Gasteiger partial charge in [-0.2, -0.15) is 0 Å². The first-order chi connectivity index (χ1) is 14.5. The number of carbonyl (C=O) groups excluding carboxylic acids is 2. The largest absolute Gasteiger partial charge is 0.426 e. The monoisotopic (exact) mass is 410 g/mol. The summed E-state index contributed by atoms with van der Waals surface area (Å²) in [6, 6.07) is 9.56. The number of ether oxygens (including phenoxy) is 1. The fraction of sp³-hybridized carbons (Fsp3) is 0.435. The number of hydrogen-bond donors (Lipinski definition) is 2. The van der Waals surface area contributed by atoms with Crippen LogP contribution in [0.2, 0.25) is 0 Å². The van der Waals surface area contributed by atoms with Gasteiger partial charge in [-0.1, -0.05) is 19.1 Å². The van der Waals surface area contributed by atoms with Gasteiger partial charge in [0.25, 0.3) is 0 Å². The van der Waals surface area contributed by atoms with Crippen molar-refractivity contribution in [1.29, 1.82) is 0 Å². The minimum atomic E-state index is -0.282. The van der Waals surface area contributed by atoms with E-state index in [1.54, 1.807) is 12.4 Å². The lowest BCUT2D eigenvalue weighted by atomic mass is 9.83. The number of nitrogens with zero attached hydrogens (tertiary/aromatic N) is 2. The van der Waals surface area contributed by atoms with Crippen LogP contribution < -0.4 is 20.3 Å². The van der Waals surface area contributed by atoms with E-state index in [0.29, 0.717) is 25.3 Å². The Morgan fingerprint density at radius 1 is 1.20 bits per heavy atom. The van der Waals surface area contributed by atoms with E-state index in [1.807, 2.05) is 25.1 Å². The van der Waals surface area contributed by atoms with Crippen molar-refractivity contribution in [3.8, 4) is 5.75 Å². The lowest BCUT2D eigenvalue weighted by molar-refractivity contribution is -0.141. The van der Waals surface area contributed by atoms with Crippen LogP contribution >= 0.6 is 0 Å². The standard InChI is InChI=1S/C23H30N4O3/c1-4-27(5-2)18-8-9-19-16(3)20(22(28)30-21(19)13-18)10-12-25-23(29)26-15-17-7-6-11-24-14-17/h6-9,11,13-14,16,20H,4-5,10,12,15H2,1-3H3,(H2,25,26,29). The van der Waals surface area contributed by atoms with E-state index in [1.165, 1.54) is 0 Å². The smallest absolute Gasteiger partial charge is 0.315 e. The maximum absolute atomic E-state index is 12.6. The molecular weight excluding hydrogens is 380 g/mol. The SMILES string of the molecule is CCN(CC)c1ccc2c(c1)OC(=O)C(CCNC(=O)NCc1cccnc1)C2C. The Morgan fingerprint density at radius 3 is 2.70 bits per heavy atom. The van der Waals surface area contributed by atoms with Crippen molar-refractivity contribution in [2.75, 3.05) is 24.5 Å². The van der Waals surface area contributed by atoms with Crippen molar-refractivity contribution in [1.82, 2.24) is 15.6 Å². The molecule has 2 atom stereocenters. The number of urea groups is 1. The molecule has 0 saturated carbocycles. The van der Waals surface area contributed by atoms with Gasteiger partial charge in [-0.15, -0.1) is 0 Å². The minimum Gasteiger partial charge on any atom is -0.426 e. The molecule has 160 valence electrons. The molecule has 1 aliphatic heterocycles. The highest BCUT2D eigenvalue weighted by molar-refractivity contribution is 5.80. The molecule has 0 aliphatic carbocycles. The number of rotatable bonds is 8. The van der Waals surface area contributed by atoms with Crippen LogP contribution in [0.4, 0.5) is 10.5 Å². The summed E-state index contributed by atoms with van der Waals surface area (Å²) in [4.78, 5) is 30.9. The van der Waals surface area contributed by atoms with E-state index in [2.05, 4.69) is 46.5 Å². The van der Waals surface area contributed by atoms with E-state index in [-0.39, 0.29) is 23.8 Å². The summed E-state index contributed by atoms with van der Waals surface area (Å²) >= 11 is 0. The zero-order valence-corrected chi connectivity index (χ0v) is 17.9. The molecule has 2 N–H and O–H groups in total. The van der Waals surface area contributed by atoms with E-state index in [9.17, 15) is 9.59 Å². The Bertz CT molecular complexity index is 868. The first-order valence-electron chi connectivity index (χ1n) is 10.5. The van der Waals surface area contributed by atoms with Crippen molar-refractivity contribution in [2.45, 2.75) is 39.7 Å². The number of pyridine rings is 1. The van der Waals surface area contributed by atoms with Gasteiger partial charge in [0.1, 0.15) is 5.75 Å². The molecule has 0 bridgehead atoms. The van der Waals surface area contributed by atoms with Gasteiger partial charge in [0.05, 0.1) is 5.92 Å². The van der Waals surface area contributed by atoms with E-state index >= 15 is 0 Å². The summed E-state index contributed by atoms with van der Waals surface area (Å²) in [5, 5.41) is 5.61. The average molecular weight is 411 g/mol. The summed E-state index contributed by atoms with van der Waals surface area (Å²) in [5.74, 6) is 0.169. The van der Waals surface area contributed by atoms with Gasteiger partial charge in [0.15, 0.2) is 0 Å². The normalized spacial score (nSPS) is 17.6. The number of amides is 2. The van der Waals surface area contributed by atoms with Gasteiger partial charge in [0.2, 0.25) is 0 Å². The topological polar surface area (TPSA) is 83.6 Å². The lowest BCUT2D eigenvalue weighted by Crippen LogP contribution is -2.38. The summed E-state index contributed by atoms with van der Waals surface area (Å²) in [5.41, 5.74) is 3.03. The Morgan fingerprint density at radius 2 is 2.00 bits per heavy atom. The van der Waals surface area contributed by atoms with Crippen molar-refractivity contribution in [3.05, 3.63) is 53.9 Å². The van der Waals surface area contributed by atoms with Crippen molar-refractivity contribution >= 4 is 17.7 Å². The molecule has 0 radical (unpaired) electrons. The highest BCUT2D eigenvalue weighted by Crippen LogP contribution is 2.40. The molecule has 7 heteroatoms. The number of aromatic nitrogens is 1. The number of hydrogen-bond acceptors (Lipinski definition) is 5. The van der Waals surface area contributed by atoms with Crippen LogP contribution in [0.1, 0.15) is 44.2 Å². The summed E-state index contributed by atoms with van der Waals surface area (Å²) in [6.07, 6.45) is 3.93. The van der Waals surface area contributed by atoms with E-state index in [0.717, 1.165) is 29.9 Å². The zero-order valence-electron chi connectivity index (χ0n) is 17.9. The molecule has 0 fully saturated rings. The van der Waals surface area contributed by atoms with Gasteiger partial charge in [0, 0.05) is 50.3 Å². The van der Waals surface area contributed by atoms with E-state index < -0.39 is 0 Å². The molecule has 3 rings (SSSR count). The number of esters is 1. The third-order valence-corrected chi connectivity index (χ3v) is 5.65. The number of fused-ring (bicyclic) bond motifs is 1. The molecule has 2 amide bonds. The van der Waals surface area contributed by atoms with E-state index in [4.69, 9.17) is 4.74 Å². The molecule has 30 heavy (non-hydrogen) atoms. The minimum absolute atomic E-state index is 0.0345. The number of carbonyl (C=O) groups is 2. The van der Waals surface area contributed by atoms with Crippen LogP contribution in [0, 0.1) is 5.92 Å². The second-order valence-corrected chi connectivity index (χ2v) is 7.47. The molecular formula is C23H30N4O3. The summed E-state index contributed by atoms with van der Waals surface area (Å²) in [6.45, 7) is 8.86. The van der Waals surface area contributed by atoms with Gasteiger partial charge >= 0.3 is 12.0 Å². The van der Waals surface area contributed by atoms with Gasteiger partial charge in [-0.3, -0.25) is 9.78 Å². The maximum atomic E-state index is 12.6. The molecule has 2 unspecified atom stereocenters. The molecule has 1 aliphatic rings. The second-order valence-electron chi connectivity index (χ2n) is 7.47. The number of anilines is 1. The quantitative estimate of drug-likeness (QED) is 0.514. The maximum Gasteiger partial charge on any atom is 0.315 e. The van der Waals surface area contributed by atoms with Gasteiger partial charge < -0.3 is 20.3 Å². The Hall–Kier alpha value is -3.09. The third kappa shape index (κ3) is 5.09. The van der Waals surface area contributed by atoms with Gasteiger partial charge in [-0.05, 0) is 49.4 Å². The summed E-state index contributed by atoms with van der Waals surface area (Å²) < 4.78 is 5.66. The lowest BCUT2D eigenvalue weighted by Gasteiger charge is -2.31. The Kier molecular flexibility index (Phi) is 7.27. The molecule has 1 aromatic heterocycles. The molecule has 2 aromatic rings. The summed E-state index contributed by atoms with van der Waals surface area (Å²) in [7, 11) is 0. The van der Waals surface area contributed by atoms with Gasteiger partial charge in [-0.25, -0.2) is 4.79 Å². The van der Waals surface area contributed by atoms with Crippen LogP contribution in [-0.2, 0) is 11.3 Å². The molecule has 1 aromatic carbocycles. The number of benzene rings is 1. The first-order valence-corrected chi connectivity index (χ1v) is 10.5. The van der Waals surface area contributed by atoms with Crippen molar-refractivity contribution in [2.24, 2.45) is 5.92 Å². The van der Waals surface area contributed by atoms with Crippen LogP contribution in [0.5, 0.6) is 5.75 Å². The van der Waals surface area contributed by atoms with Crippen molar-refractivity contribution in [3.63, 3.8) is 0 Å². The molecule has 0 saturated heterocycles. The Labute approximate surface area is 177 Å². The number of nitrogens with one attached hydrogen (secondary N) is 2. The first kappa shape index (κ1) is 21.6. The highest BCUT2D eigenvalue weighted by Gasteiger charge is 2.35. The van der Waals surface area contributed by atoms with Crippen LogP contribution in [-0.4, -0.2) is 36.6 Å².